The minimum Gasteiger partial charge on any atom is -0.491 e. The molecule has 0 atom stereocenters. The van der Waals surface area contributed by atoms with Gasteiger partial charge < -0.3 is 14.5 Å². The lowest BCUT2D eigenvalue weighted by Crippen LogP contribution is -2.44. The van der Waals surface area contributed by atoms with Gasteiger partial charge in [-0.25, -0.2) is 4.39 Å². The second-order valence-electron chi connectivity index (χ2n) is 5.48. The molecule has 0 aliphatic carbocycles. The van der Waals surface area contributed by atoms with Gasteiger partial charge in [-0.05, 0) is 45.0 Å². The molecule has 20 heavy (non-hydrogen) atoms. The van der Waals surface area contributed by atoms with E-state index in [1.807, 2.05) is 0 Å². The number of unbranched alkanes of at least 4 members (excludes halogenated alkanes) is 2. The number of benzene rings is 1. The topological polar surface area (TPSA) is 15.7 Å². The summed E-state index contributed by atoms with van der Waals surface area (Å²) in [6, 6.07) is 6.59. The first kappa shape index (κ1) is 15.3. The van der Waals surface area contributed by atoms with E-state index in [1.54, 1.807) is 18.2 Å². The summed E-state index contributed by atoms with van der Waals surface area (Å²) in [4.78, 5) is 4.90. The van der Waals surface area contributed by atoms with Crippen molar-refractivity contribution < 1.29 is 9.13 Å². The lowest BCUT2D eigenvalue weighted by Gasteiger charge is -2.32. The Hall–Kier alpha value is -1.13. The fraction of sp³-hybridized carbons (Fsp3) is 0.625. The van der Waals surface area contributed by atoms with E-state index in [-0.39, 0.29) is 5.82 Å². The van der Waals surface area contributed by atoms with Gasteiger partial charge in [0.15, 0.2) is 11.6 Å². The van der Waals surface area contributed by atoms with Crippen molar-refractivity contribution in [3.63, 3.8) is 0 Å². The van der Waals surface area contributed by atoms with Crippen LogP contribution in [0.3, 0.4) is 0 Å². The molecule has 1 aliphatic heterocycles. The number of para-hydroxylation sites is 1. The second-order valence-corrected chi connectivity index (χ2v) is 5.48. The number of likely N-dealkylation sites (N-methyl/N-ethyl adjacent to an activating group) is 1. The van der Waals surface area contributed by atoms with Crippen molar-refractivity contribution in [1.82, 2.24) is 9.80 Å². The van der Waals surface area contributed by atoms with Crippen molar-refractivity contribution in [2.24, 2.45) is 0 Å². The molecule has 4 heteroatoms. The van der Waals surface area contributed by atoms with E-state index in [1.165, 1.54) is 45.2 Å². The smallest absolute Gasteiger partial charge is 0.165 e. The number of nitrogens with zero attached hydrogens (tertiary/aromatic N) is 2. The van der Waals surface area contributed by atoms with E-state index in [2.05, 4.69) is 16.8 Å². The number of hydrogen-bond acceptors (Lipinski definition) is 3. The van der Waals surface area contributed by atoms with Crippen molar-refractivity contribution in [3.8, 4) is 5.75 Å². The van der Waals surface area contributed by atoms with Crippen LogP contribution in [0.5, 0.6) is 5.75 Å². The van der Waals surface area contributed by atoms with E-state index in [0.717, 1.165) is 12.8 Å². The molecule has 1 aliphatic rings. The molecular formula is C16H25FN2O. The first-order valence-electron chi connectivity index (χ1n) is 7.54. The van der Waals surface area contributed by atoms with E-state index in [4.69, 9.17) is 4.74 Å². The van der Waals surface area contributed by atoms with Gasteiger partial charge in [0.2, 0.25) is 0 Å². The summed E-state index contributed by atoms with van der Waals surface area (Å²) in [5.74, 6) is 0.0940. The maximum Gasteiger partial charge on any atom is 0.165 e. The van der Waals surface area contributed by atoms with Crippen LogP contribution in [0.25, 0.3) is 0 Å². The first-order valence-corrected chi connectivity index (χ1v) is 7.54. The molecule has 3 nitrogen and oxygen atoms in total. The molecule has 112 valence electrons. The molecule has 0 bridgehead atoms. The summed E-state index contributed by atoms with van der Waals surface area (Å²) < 4.78 is 18.8. The zero-order valence-corrected chi connectivity index (χ0v) is 12.4. The molecule has 1 aromatic rings. The summed E-state index contributed by atoms with van der Waals surface area (Å²) in [6.07, 6.45) is 3.33. The van der Waals surface area contributed by atoms with Crippen LogP contribution < -0.4 is 4.74 Å². The fourth-order valence-electron chi connectivity index (χ4n) is 2.43. The van der Waals surface area contributed by atoms with Crippen molar-refractivity contribution >= 4 is 0 Å². The van der Waals surface area contributed by atoms with Crippen LogP contribution in [-0.2, 0) is 0 Å². The minimum absolute atomic E-state index is 0.273. The van der Waals surface area contributed by atoms with Crippen LogP contribution in [0.15, 0.2) is 24.3 Å². The molecule has 0 N–H and O–H groups in total. The van der Waals surface area contributed by atoms with Crippen LogP contribution in [0.1, 0.15) is 19.3 Å². The monoisotopic (exact) mass is 280 g/mol. The van der Waals surface area contributed by atoms with Gasteiger partial charge in [0, 0.05) is 26.2 Å². The summed E-state index contributed by atoms with van der Waals surface area (Å²) in [5, 5.41) is 0. The highest BCUT2D eigenvalue weighted by Crippen LogP contribution is 2.15. The van der Waals surface area contributed by atoms with Crippen molar-refractivity contribution in [2.45, 2.75) is 19.3 Å². The maximum atomic E-state index is 13.3. The molecule has 1 saturated heterocycles. The highest BCUT2D eigenvalue weighted by Gasteiger charge is 2.12. The van der Waals surface area contributed by atoms with Crippen LogP contribution in [0.2, 0.25) is 0 Å². The Morgan fingerprint density at radius 3 is 2.55 bits per heavy atom. The molecule has 1 fully saturated rings. The molecule has 1 heterocycles. The Balaban J connectivity index is 1.51. The first-order chi connectivity index (χ1) is 9.75. The molecule has 0 amide bonds. The van der Waals surface area contributed by atoms with Crippen LogP contribution in [0, 0.1) is 5.82 Å². The molecule has 1 aromatic carbocycles. The summed E-state index contributed by atoms with van der Waals surface area (Å²) in [6.45, 7) is 6.49. The van der Waals surface area contributed by atoms with E-state index in [9.17, 15) is 4.39 Å². The Kier molecular flexibility index (Phi) is 6.27. The van der Waals surface area contributed by atoms with Gasteiger partial charge in [-0.1, -0.05) is 12.1 Å². The zero-order chi connectivity index (χ0) is 14.2. The van der Waals surface area contributed by atoms with Crippen LogP contribution in [-0.4, -0.2) is 56.2 Å². The lowest BCUT2D eigenvalue weighted by atomic mass is 10.2. The highest BCUT2D eigenvalue weighted by atomic mass is 19.1. The molecular weight excluding hydrogens is 255 g/mol. The van der Waals surface area contributed by atoms with Gasteiger partial charge >= 0.3 is 0 Å². The van der Waals surface area contributed by atoms with Crippen molar-refractivity contribution in [3.05, 3.63) is 30.1 Å². The second kappa shape index (κ2) is 8.22. The Bertz CT molecular complexity index is 392. The van der Waals surface area contributed by atoms with Gasteiger partial charge in [0.05, 0.1) is 6.61 Å². The highest BCUT2D eigenvalue weighted by molar-refractivity contribution is 5.23. The average Bonchev–Trinajstić information content (AvgIpc) is 2.46. The number of ether oxygens (including phenoxy) is 1. The Morgan fingerprint density at radius 1 is 1.05 bits per heavy atom. The molecule has 0 saturated carbocycles. The van der Waals surface area contributed by atoms with Crippen LogP contribution in [0.4, 0.5) is 4.39 Å². The predicted molar refractivity (Wildman–Crippen MR) is 79.7 cm³/mol. The Labute approximate surface area is 121 Å². The quantitative estimate of drug-likeness (QED) is 0.714. The van der Waals surface area contributed by atoms with Gasteiger partial charge in [-0.3, -0.25) is 0 Å². The molecule has 0 aromatic heterocycles. The average molecular weight is 280 g/mol. The number of halogens is 1. The van der Waals surface area contributed by atoms with Gasteiger partial charge in [-0.2, -0.15) is 0 Å². The predicted octanol–water partition coefficient (Wildman–Crippen LogP) is 2.62. The summed E-state index contributed by atoms with van der Waals surface area (Å²) in [7, 11) is 2.18. The largest absolute Gasteiger partial charge is 0.491 e. The van der Waals surface area contributed by atoms with Crippen molar-refractivity contribution in [1.29, 1.82) is 0 Å². The molecule has 2 rings (SSSR count). The van der Waals surface area contributed by atoms with Gasteiger partial charge in [0.25, 0.3) is 0 Å². The van der Waals surface area contributed by atoms with Gasteiger partial charge in [-0.15, -0.1) is 0 Å². The normalized spacial score (nSPS) is 17.3. The number of hydrogen-bond donors (Lipinski definition) is 0. The number of rotatable bonds is 7. The van der Waals surface area contributed by atoms with Crippen LogP contribution >= 0.6 is 0 Å². The maximum absolute atomic E-state index is 13.3. The SMILES string of the molecule is CN1CCN(CCCCCOc2ccccc2F)CC1. The van der Waals surface area contributed by atoms with E-state index < -0.39 is 0 Å². The van der Waals surface area contributed by atoms with Gasteiger partial charge in [0.1, 0.15) is 0 Å². The lowest BCUT2D eigenvalue weighted by molar-refractivity contribution is 0.151. The fourth-order valence-corrected chi connectivity index (χ4v) is 2.43. The summed E-state index contributed by atoms with van der Waals surface area (Å²) >= 11 is 0. The van der Waals surface area contributed by atoms with Crippen molar-refractivity contribution in [2.75, 3.05) is 46.4 Å². The number of piperazine rings is 1. The third kappa shape index (κ3) is 5.10. The molecule has 0 radical (unpaired) electrons. The summed E-state index contributed by atoms with van der Waals surface area (Å²) in [5.41, 5.74) is 0. The zero-order valence-electron chi connectivity index (χ0n) is 12.4. The standard InChI is InChI=1S/C16H25FN2O/c1-18-10-12-19(13-11-18)9-5-2-6-14-20-16-8-4-3-7-15(16)17/h3-4,7-8H,2,5-6,9-14H2,1H3. The van der Waals surface area contributed by atoms with E-state index >= 15 is 0 Å². The third-order valence-corrected chi connectivity index (χ3v) is 3.81. The third-order valence-electron chi connectivity index (χ3n) is 3.81. The van der Waals surface area contributed by atoms with E-state index in [0.29, 0.717) is 12.4 Å². The minimum atomic E-state index is -0.273. The molecule has 0 unspecified atom stereocenters. The Morgan fingerprint density at radius 2 is 1.80 bits per heavy atom. The molecule has 0 spiro atoms.